The molecule has 4 nitrogen and oxygen atoms in total. The molecule has 0 spiro atoms. The first-order valence-corrected chi connectivity index (χ1v) is 6.73. The van der Waals surface area contributed by atoms with Crippen LogP contribution in [0.5, 0.6) is 0 Å². The number of hydrogen-bond donors (Lipinski definition) is 1. The molecule has 0 amide bonds. The standard InChI is InChI=1S/C9H17N3OS/c13-14-7-5-12(6-8-14)9-10-3-1-2-4-11-9/h1-8H2,(H,10,11). The van der Waals surface area contributed by atoms with Crippen LogP contribution in [0.4, 0.5) is 0 Å². The van der Waals surface area contributed by atoms with Gasteiger partial charge in [0.15, 0.2) is 5.96 Å². The van der Waals surface area contributed by atoms with Crippen LogP contribution >= 0.6 is 0 Å². The molecule has 2 heterocycles. The van der Waals surface area contributed by atoms with Crippen molar-refractivity contribution in [2.45, 2.75) is 12.8 Å². The van der Waals surface area contributed by atoms with Gasteiger partial charge in [0.25, 0.3) is 0 Å². The summed E-state index contributed by atoms with van der Waals surface area (Å²) in [6, 6.07) is 0. The predicted molar refractivity (Wildman–Crippen MR) is 59.0 cm³/mol. The molecule has 0 atom stereocenters. The van der Waals surface area contributed by atoms with E-state index in [-0.39, 0.29) is 0 Å². The molecule has 0 aromatic rings. The van der Waals surface area contributed by atoms with Crippen molar-refractivity contribution in [1.82, 2.24) is 10.2 Å². The van der Waals surface area contributed by atoms with Crippen LogP contribution in [-0.4, -0.2) is 52.8 Å². The number of rotatable bonds is 0. The summed E-state index contributed by atoms with van der Waals surface area (Å²) < 4.78 is 11.2. The van der Waals surface area contributed by atoms with Crippen LogP contribution in [0.25, 0.3) is 0 Å². The highest BCUT2D eigenvalue weighted by atomic mass is 32.2. The zero-order chi connectivity index (χ0) is 9.80. The second-order valence-electron chi connectivity index (χ2n) is 3.67. The fourth-order valence-electron chi connectivity index (χ4n) is 1.74. The van der Waals surface area contributed by atoms with Gasteiger partial charge in [0.05, 0.1) is 0 Å². The van der Waals surface area contributed by atoms with Gasteiger partial charge >= 0.3 is 0 Å². The van der Waals surface area contributed by atoms with Crippen molar-refractivity contribution in [2.24, 2.45) is 4.99 Å². The lowest BCUT2D eigenvalue weighted by atomic mass is 10.3. The first kappa shape index (κ1) is 9.96. The van der Waals surface area contributed by atoms with Gasteiger partial charge in [-0.05, 0) is 12.8 Å². The van der Waals surface area contributed by atoms with Gasteiger partial charge in [0, 0.05) is 48.5 Å². The van der Waals surface area contributed by atoms with Gasteiger partial charge in [-0.3, -0.25) is 9.20 Å². The van der Waals surface area contributed by atoms with E-state index in [0.29, 0.717) is 0 Å². The molecule has 80 valence electrons. The predicted octanol–water partition coefficient (Wildman–Crippen LogP) is -0.210. The highest BCUT2D eigenvalue weighted by molar-refractivity contribution is 7.85. The lowest BCUT2D eigenvalue weighted by molar-refractivity contribution is 0.438. The molecule has 0 saturated carbocycles. The molecule has 0 unspecified atom stereocenters. The summed E-state index contributed by atoms with van der Waals surface area (Å²) >= 11 is 0. The molecular weight excluding hydrogens is 198 g/mol. The molecule has 0 radical (unpaired) electrons. The number of guanidine groups is 1. The molecule has 0 aromatic heterocycles. The van der Waals surface area contributed by atoms with Crippen molar-refractivity contribution in [3.05, 3.63) is 0 Å². The molecule has 2 aliphatic heterocycles. The highest BCUT2D eigenvalue weighted by Crippen LogP contribution is 2.03. The highest BCUT2D eigenvalue weighted by Gasteiger charge is 2.18. The number of hydrogen-bond acceptors (Lipinski definition) is 4. The van der Waals surface area contributed by atoms with E-state index < -0.39 is 10.8 Å². The summed E-state index contributed by atoms with van der Waals surface area (Å²) in [7, 11) is -0.594. The Bertz CT molecular complexity index is 244. The quantitative estimate of drug-likeness (QED) is 0.608. The molecule has 1 fully saturated rings. The van der Waals surface area contributed by atoms with Crippen LogP contribution in [0.2, 0.25) is 0 Å². The Balaban J connectivity index is 1.93. The van der Waals surface area contributed by atoms with Gasteiger partial charge in [-0.15, -0.1) is 0 Å². The number of nitrogens with zero attached hydrogens (tertiary/aromatic N) is 2. The van der Waals surface area contributed by atoms with Crippen LogP contribution in [0.3, 0.4) is 0 Å². The average molecular weight is 215 g/mol. The minimum atomic E-state index is -0.594. The summed E-state index contributed by atoms with van der Waals surface area (Å²) in [5.74, 6) is 2.61. The number of aliphatic imine (C=N–C) groups is 1. The van der Waals surface area contributed by atoms with E-state index >= 15 is 0 Å². The first-order chi connectivity index (χ1) is 6.86. The van der Waals surface area contributed by atoms with Gasteiger partial charge in [-0.25, -0.2) is 0 Å². The van der Waals surface area contributed by atoms with E-state index in [0.717, 1.165) is 43.6 Å². The zero-order valence-corrected chi connectivity index (χ0v) is 9.18. The van der Waals surface area contributed by atoms with Gasteiger partial charge in [0.2, 0.25) is 0 Å². The number of nitrogens with one attached hydrogen (secondary N) is 1. The van der Waals surface area contributed by atoms with Gasteiger partial charge in [-0.1, -0.05) is 0 Å². The lowest BCUT2D eigenvalue weighted by Crippen LogP contribution is -2.47. The van der Waals surface area contributed by atoms with Gasteiger partial charge in [-0.2, -0.15) is 0 Å². The Morgan fingerprint density at radius 1 is 1.29 bits per heavy atom. The van der Waals surface area contributed by atoms with Crippen LogP contribution in [0.15, 0.2) is 4.99 Å². The molecule has 0 aliphatic carbocycles. The molecular formula is C9H17N3OS. The fraction of sp³-hybridized carbons (Fsp3) is 0.889. The second-order valence-corrected chi connectivity index (χ2v) is 5.37. The summed E-state index contributed by atoms with van der Waals surface area (Å²) in [6.45, 7) is 3.73. The van der Waals surface area contributed by atoms with E-state index in [9.17, 15) is 4.21 Å². The third kappa shape index (κ3) is 2.47. The third-order valence-electron chi connectivity index (χ3n) is 2.61. The van der Waals surface area contributed by atoms with E-state index in [1.165, 1.54) is 12.8 Å². The van der Waals surface area contributed by atoms with Crippen molar-refractivity contribution >= 4 is 16.8 Å². The van der Waals surface area contributed by atoms with Crippen LogP contribution in [0, 0.1) is 0 Å². The second kappa shape index (κ2) is 4.77. The Kier molecular flexibility index (Phi) is 3.39. The summed E-state index contributed by atoms with van der Waals surface area (Å²) in [6.07, 6.45) is 2.38. The Morgan fingerprint density at radius 2 is 2.07 bits per heavy atom. The van der Waals surface area contributed by atoms with Gasteiger partial charge in [0.1, 0.15) is 0 Å². The molecule has 1 saturated heterocycles. The first-order valence-electron chi connectivity index (χ1n) is 5.24. The molecule has 5 heteroatoms. The third-order valence-corrected chi connectivity index (χ3v) is 3.88. The Morgan fingerprint density at radius 3 is 2.86 bits per heavy atom. The lowest BCUT2D eigenvalue weighted by Gasteiger charge is -2.29. The topological polar surface area (TPSA) is 44.7 Å². The molecule has 2 rings (SSSR count). The maximum absolute atomic E-state index is 11.2. The average Bonchev–Trinajstić information content (AvgIpc) is 2.47. The normalized spacial score (nSPS) is 25.1. The maximum atomic E-state index is 11.2. The van der Waals surface area contributed by atoms with E-state index in [1.807, 2.05) is 0 Å². The SMILES string of the molecule is O=S1CCN(C2=NCCCCN2)CC1. The van der Waals surface area contributed by atoms with Gasteiger partial charge < -0.3 is 10.2 Å². The smallest absolute Gasteiger partial charge is 0.193 e. The van der Waals surface area contributed by atoms with Crippen molar-refractivity contribution in [2.75, 3.05) is 37.7 Å². The Labute approximate surface area is 87.2 Å². The van der Waals surface area contributed by atoms with Crippen molar-refractivity contribution in [3.63, 3.8) is 0 Å². The Hall–Kier alpha value is -0.580. The largest absolute Gasteiger partial charge is 0.356 e. The van der Waals surface area contributed by atoms with Crippen molar-refractivity contribution < 1.29 is 4.21 Å². The molecule has 1 N–H and O–H groups in total. The molecule has 2 aliphatic rings. The minimum Gasteiger partial charge on any atom is -0.356 e. The summed E-state index contributed by atoms with van der Waals surface area (Å²) in [5.41, 5.74) is 0. The van der Waals surface area contributed by atoms with E-state index in [2.05, 4.69) is 15.2 Å². The monoisotopic (exact) mass is 215 g/mol. The molecule has 0 aromatic carbocycles. The minimum absolute atomic E-state index is 0.594. The van der Waals surface area contributed by atoms with Crippen molar-refractivity contribution in [1.29, 1.82) is 0 Å². The van der Waals surface area contributed by atoms with E-state index in [4.69, 9.17) is 0 Å². The van der Waals surface area contributed by atoms with E-state index in [1.54, 1.807) is 0 Å². The summed E-state index contributed by atoms with van der Waals surface area (Å²) in [4.78, 5) is 6.73. The zero-order valence-electron chi connectivity index (χ0n) is 8.37. The van der Waals surface area contributed by atoms with Crippen LogP contribution in [-0.2, 0) is 10.8 Å². The van der Waals surface area contributed by atoms with Crippen LogP contribution < -0.4 is 5.32 Å². The summed E-state index contributed by atoms with van der Waals surface area (Å²) in [5, 5.41) is 3.34. The van der Waals surface area contributed by atoms with Crippen LogP contribution in [0.1, 0.15) is 12.8 Å². The fourth-order valence-corrected chi connectivity index (χ4v) is 2.79. The maximum Gasteiger partial charge on any atom is 0.193 e. The molecule has 0 bridgehead atoms. The molecule has 14 heavy (non-hydrogen) atoms. The van der Waals surface area contributed by atoms with Crippen molar-refractivity contribution in [3.8, 4) is 0 Å².